The maximum absolute atomic E-state index is 12.7. The minimum absolute atomic E-state index is 0.0429. The number of carbonyl (C=O) groups excluding carboxylic acids is 1. The Hall–Kier alpha value is -1.61. The number of nitrogens with zero attached hydrogens (tertiary/aromatic N) is 1. The zero-order valence-electron chi connectivity index (χ0n) is 12.4. The third kappa shape index (κ3) is 4.68. The van der Waals surface area contributed by atoms with Crippen molar-refractivity contribution in [2.24, 2.45) is 5.92 Å². The van der Waals surface area contributed by atoms with Gasteiger partial charge < -0.3 is 5.32 Å². The van der Waals surface area contributed by atoms with E-state index >= 15 is 0 Å². The molecule has 0 spiro atoms. The molecule has 1 aliphatic rings. The normalized spacial score (nSPS) is 20.3. The van der Waals surface area contributed by atoms with Gasteiger partial charge in [0.1, 0.15) is 0 Å². The van der Waals surface area contributed by atoms with Gasteiger partial charge in [-0.25, -0.2) is 12.7 Å². The van der Waals surface area contributed by atoms with E-state index in [-0.39, 0.29) is 12.2 Å². The quantitative estimate of drug-likeness (QED) is 0.910. The Balaban J connectivity index is 2.07. The molecule has 0 saturated carbocycles. The van der Waals surface area contributed by atoms with Crippen molar-refractivity contribution >= 4 is 21.6 Å². The van der Waals surface area contributed by atoms with Crippen LogP contribution in [0.2, 0.25) is 0 Å². The molecule has 0 unspecified atom stereocenters. The number of anilines is 1. The maximum Gasteiger partial charge on any atom is 0.416 e. The van der Waals surface area contributed by atoms with Gasteiger partial charge in [0, 0.05) is 18.8 Å². The van der Waals surface area contributed by atoms with Crippen LogP contribution < -0.4 is 5.32 Å². The number of carbonyl (C=O) groups is 1. The average molecular weight is 350 g/mol. The van der Waals surface area contributed by atoms with Crippen LogP contribution in [0.25, 0.3) is 0 Å². The van der Waals surface area contributed by atoms with Crippen LogP contribution in [-0.4, -0.2) is 38.0 Å². The lowest BCUT2D eigenvalue weighted by atomic mass is 9.98. The summed E-state index contributed by atoms with van der Waals surface area (Å²) < 4.78 is 62.3. The summed E-state index contributed by atoms with van der Waals surface area (Å²) in [5.41, 5.74) is -0.807. The average Bonchev–Trinajstić information content (AvgIpc) is 2.46. The Morgan fingerprint density at radius 3 is 2.65 bits per heavy atom. The van der Waals surface area contributed by atoms with Crippen molar-refractivity contribution < 1.29 is 26.4 Å². The van der Waals surface area contributed by atoms with Gasteiger partial charge >= 0.3 is 6.18 Å². The molecule has 1 atom stereocenters. The summed E-state index contributed by atoms with van der Waals surface area (Å²) in [6.07, 6.45) is -2.39. The van der Waals surface area contributed by atoms with Crippen molar-refractivity contribution in [3.63, 3.8) is 0 Å². The summed E-state index contributed by atoms with van der Waals surface area (Å²) in [6, 6.07) is 4.35. The van der Waals surface area contributed by atoms with E-state index in [1.54, 1.807) is 0 Å². The van der Waals surface area contributed by atoms with Crippen LogP contribution in [0, 0.1) is 5.92 Å². The van der Waals surface area contributed by atoms with Gasteiger partial charge in [0.05, 0.1) is 17.7 Å². The van der Waals surface area contributed by atoms with Crippen molar-refractivity contribution in [1.82, 2.24) is 4.31 Å². The van der Waals surface area contributed by atoms with E-state index in [1.165, 1.54) is 16.4 Å². The fraction of sp³-hybridized carbons (Fsp3) is 0.500. The summed E-state index contributed by atoms with van der Waals surface area (Å²) in [4.78, 5) is 12.2. The molecular formula is C14H17F3N2O3S. The number of hydrogen-bond donors (Lipinski definition) is 1. The van der Waals surface area contributed by atoms with Crippen LogP contribution in [0.4, 0.5) is 18.9 Å². The van der Waals surface area contributed by atoms with Gasteiger partial charge in [-0.05, 0) is 31.0 Å². The second kappa shape index (κ2) is 6.48. The second-order valence-corrected chi connectivity index (χ2v) is 7.51. The molecule has 1 aromatic carbocycles. The van der Waals surface area contributed by atoms with Crippen molar-refractivity contribution in [3.8, 4) is 0 Å². The molecule has 0 bridgehead atoms. The Labute approximate surface area is 132 Å². The number of amides is 1. The van der Waals surface area contributed by atoms with Crippen LogP contribution in [0.5, 0.6) is 0 Å². The number of rotatable bonds is 3. The first-order chi connectivity index (χ1) is 10.6. The van der Waals surface area contributed by atoms with Gasteiger partial charge in [0.25, 0.3) is 0 Å². The van der Waals surface area contributed by atoms with E-state index in [1.807, 2.05) is 0 Å². The third-order valence-electron chi connectivity index (χ3n) is 3.68. The Morgan fingerprint density at radius 2 is 2.04 bits per heavy atom. The maximum atomic E-state index is 12.7. The molecule has 1 amide bonds. The highest BCUT2D eigenvalue weighted by Gasteiger charge is 2.32. The monoisotopic (exact) mass is 350 g/mol. The van der Waals surface area contributed by atoms with Crippen LogP contribution in [-0.2, 0) is 21.0 Å². The summed E-state index contributed by atoms with van der Waals surface area (Å²) in [7, 11) is -3.39. The topological polar surface area (TPSA) is 66.5 Å². The highest BCUT2D eigenvalue weighted by molar-refractivity contribution is 7.88. The lowest BCUT2D eigenvalue weighted by Crippen LogP contribution is -2.43. The van der Waals surface area contributed by atoms with Crippen molar-refractivity contribution in [1.29, 1.82) is 0 Å². The van der Waals surface area contributed by atoms with E-state index in [0.717, 1.165) is 18.4 Å². The molecule has 1 heterocycles. The van der Waals surface area contributed by atoms with Crippen molar-refractivity contribution in [2.75, 3.05) is 24.7 Å². The molecule has 0 radical (unpaired) electrons. The van der Waals surface area contributed by atoms with Crippen LogP contribution >= 0.6 is 0 Å². The van der Waals surface area contributed by atoms with Gasteiger partial charge in [0.15, 0.2) is 0 Å². The first-order valence-corrected chi connectivity index (χ1v) is 8.85. The predicted molar refractivity (Wildman–Crippen MR) is 79.2 cm³/mol. The predicted octanol–water partition coefficient (Wildman–Crippen LogP) is 2.32. The highest BCUT2D eigenvalue weighted by atomic mass is 32.2. The molecule has 128 valence electrons. The largest absolute Gasteiger partial charge is 0.416 e. The summed E-state index contributed by atoms with van der Waals surface area (Å²) in [5, 5.41) is 2.44. The van der Waals surface area contributed by atoms with E-state index in [0.29, 0.717) is 19.4 Å². The number of hydrogen-bond acceptors (Lipinski definition) is 3. The molecule has 23 heavy (non-hydrogen) atoms. The Bertz CT molecular complexity index is 689. The number of benzene rings is 1. The number of nitrogens with one attached hydrogen (secondary N) is 1. The molecule has 0 aliphatic carbocycles. The minimum Gasteiger partial charge on any atom is -0.326 e. The van der Waals surface area contributed by atoms with E-state index < -0.39 is 33.6 Å². The second-order valence-electron chi connectivity index (χ2n) is 5.53. The zero-order valence-corrected chi connectivity index (χ0v) is 13.2. The molecule has 1 aliphatic heterocycles. The number of halogens is 3. The Morgan fingerprint density at radius 1 is 1.35 bits per heavy atom. The molecule has 1 saturated heterocycles. The molecule has 5 nitrogen and oxygen atoms in total. The van der Waals surface area contributed by atoms with E-state index in [4.69, 9.17) is 0 Å². The van der Waals surface area contributed by atoms with Crippen LogP contribution in [0.15, 0.2) is 24.3 Å². The summed E-state index contributed by atoms with van der Waals surface area (Å²) >= 11 is 0. The molecule has 0 aromatic heterocycles. The van der Waals surface area contributed by atoms with Gasteiger partial charge in [-0.3, -0.25) is 4.79 Å². The first-order valence-electron chi connectivity index (χ1n) is 7.00. The van der Waals surface area contributed by atoms with E-state index in [9.17, 15) is 26.4 Å². The van der Waals surface area contributed by atoms with Gasteiger partial charge in [0.2, 0.25) is 15.9 Å². The molecule has 9 heteroatoms. The molecular weight excluding hydrogens is 333 g/mol. The molecule has 1 aromatic rings. The van der Waals surface area contributed by atoms with Crippen LogP contribution in [0.1, 0.15) is 18.4 Å². The number of sulfonamides is 1. The highest BCUT2D eigenvalue weighted by Crippen LogP contribution is 2.31. The number of alkyl halides is 3. The Kier molecular flexibility index (Phi) is 5.00. The van der Waals surface area contributed by atoms with Crippen LogP contribution in [0.3, 0.4) is 0 Å². The molecule has 1 fully saturated rings. The third-order valence-corrected chi connectivity index (χ3v) is 4.95. The first kappa shape index (κ1) is 17.7. The summed E-state index contributed by atoms with van der Waals surface area (Å²) in [6.45, 7) is 0.399. The fourth-order valence-corrected chi connectivity index (χ4v) is 3.39. The standard InChI is InChI=1S/C14H17F3N2O3S/c1-23(21,22)19-7-3-4-10(9-19)13(20)18-12-6-2-5-11(8-12)14(15,16)17/h2,5-6,8,10H,3-4,7,9H2,1H3,(H,18,20)/t10-/m1/s1. The summed E-state index contributed by atoms with van der Waals surface area (Å²) in [5.74, 6) is -1.05. The van der Waals surface area contributed by atoms with Gasteiger partial charge in [-0.2, -0.15) is 13.2 Å². The smallest absolute Gasteiger partial charge is 0.326 e. The van der Waals surface area contributed by atoms with Crippen molar-refractivity contribution in [3.05, 3.63) is 29.8 Å². The molecule has 2 rings (SSSR count). The van der Waals surface area contributed by atoms with Crippen molar-refractivity contribution in [2.45, 2.75) is 19.0 Å². The van der Waals surface area contributed by atoms with Gasteiger partial charge in [-0.15, -0.1) is 0 Å². The molecule has 1 N–H and O–H groups in total. The minimum atomic E-state index is -4.49. The lowest BCUT2D eigenvalue weighted by molar-refractivity contribution is -0.137. The lowest BCUT2D eigenvalue weighted by Gasteiger charge is -2.30. The van der Waals surface area contributed by atoms with E-state index in [2.05, 4.69) is 5.32 Å². The fourth-order valence-electron chi connectivity index (χ4n) is 2.48. The van der Waals surface area contributed by atoms with Gasteiger partial charge in [-0.1, -0.05) is 6.07 Å². The SMILES string of the molecule is CS(=O)(=O)N1CCC[C@@H](C(=O)Nc2cccc(C(F)(F)F)c2)C1. The number of piperidine rings is 1. The zero-order chi connectivity index (χ0) is 17.3.